The lowest BCUT2D eigenvalue weighted by Gasteiger charge is -2.23. The molecular formula is C18H25N3O3S. The Bertz CT molecular complexity index is 592. The molecule has 0 aromatic carbocycles. The Morgan fingerprint density at radius 3 is 2.84 bits per heavy atom. The lowest BCUT2D eigenvalue weighted by atomic mass is 10.2. The number of carbonyl (C=O) groups is 2. The van der Waals surface area contributed by atoms with Gasteiger partial charge in [-0.3, -0.25) is 4.79 Å². The molecule has 0 bridgehead atoms. The van der Waals surface area contributed by atoms with Gasteiger partial charge in [-0.25, -0.2) is 9.78 Å². The highest BCUT2D eigenvalue weighted by Crippen LogP contribution is 2.15. The van der Waals surface area contributed by atoms with Crippen molar-refractivity contribution in [1.82, 2.24) is 9.88 Å². The Morgan fingerprint density at radius 1 is 1.32 bits per heavy atom. The molecule has 1 aliphatic heterocycles. The number of ether oxygens (including phenoxy) is 1. The average Bonchev–Trinajstić information content (AvgIpc) is 2.88. The van der Waals surface area contributed by atoms with Gasteiger partial charge in [0.1, 0.15) is 5.82 Å². The van der Waals surface area contributed by atoms with Crippen LogP contribution in [0.4, 0.5) is 5.82 Å². The standard InChI is InChI=1S/C18H25N3O3S/c1-3-12-25-14-17(22)21-9-5-8-20(10-11-21)16-7-6-15(13-19-16)18(23)24-4-2/h3,6-7,13H,1,4-5,8-12,14H2,2H3. The van der Waals surface area contributed by atoms with Crippen LogP contribution in [-0.4, -0.2) is 66.1 Å². The average molecular weight is 363 g/mol. The van der Waals surface area contributed by atoms with Crippen molar-refractivity contribution in [2.45, 2.75) is 13.3 Å². The fourth-order valence-electron chi connectivity index (χ4n) is 2.63. The molecule has 6 nitrogen and oxygen atoms in total. The number of hydrogen-bond donors (Lipinski definition) is 0. The quantitative estimate of drug-likeness (QED) is 0.420. The third-order valence-corrected chi connectivity index (χ3v) is 4.82. The SMILES string of the molecule is C=CCSCC(=O)N1CCCN(c2ccc(C(=O)OCC)cn2)CC1. The summed E-state index contributed by atoms with van der Waals surface area (Å²) in [6, 6.07) is 3.57. The zero-order valence-corrected chi connectivity index (χ0v) is 15.5. The Morgan fingerprint density at radius 2 is 2.16 bits per heavy atom. The molecule has 1 aliphatic rings. The van der Waals surface area contributed by atoms with Gasteiger partial charge in [-0.1, -0.05) is 6.08 Å². The summed E-state index contributed by atoms with van der Waals surface area (Å²) < 4.78 is 4.97. The van der Waals surface area contributed by atoms with Crippen LogP contribution in [0.2, 0.25) is 0 Å². The van der Waals surface area contributed by atoms with Crippen LogP contribution in [0.15, 0.2) is 31.0 Å². The zero-order valence-electron chi connectivity index (χ0n) is 14.6. The maximum atomic E-state index is 12.2. The third kappa shape index (κ3) is 5.77. The van der Waals surface area contributed by atoms with Crippen LogP contribution < -0.4 is 4.90 Å². The van der Waals surface area contributed by atoms with Gasteiger partial charge in [0.2, 0.25) is 5.91 Å². The number of pyridine rings is 1. The van der Waals surface area contributed by atoms with E-state index in [1.165, 1.54) is 0 Å². The van der Waals surface area contributed by atoms with Crippen molar-refractivity contribution >= 4 is 29.5 Å². The predicted molar refractivity (Wildman–Crippen MR) is 101 cm³/mol. The van der Waals surface area contributed by atoms with Gasteiger partial charge in [0.15, 0.2) is 0 Å². The summed E-state index contributed by atoms with van der Waals surface area (Å²) in [4.78, 5) is 32.4. The highest BCUT2D eigenvalue weighted by Gasteiger charge is 2.20. The van der Waals surface area contributed by atoms with E-state index in [0.29, 0.717) is 24.5 Å². The van der Waals surface area contributed by atoms with Crippen molar-refractivity contribution in [2.75, 3.05) is 49.2 Å². The van der Waals surface area contributed by atoms with E-state index in [0.717, 1.165) is 37.6 Å². The van der Waals surface area contributed by atoms with E-state index in [4.69, 9.17) is 4.74 Å². The van der Waals surface area contributed by atoms with Gasteiger partial charge in [-0.05, 0) is 25.5 Å². The molecule has 2 rings (SSSR count). The van der Waals surface area contributed by atoms with E-state index in [1.54, 1.807) is 30.9 Å². The fraction of sp³-hybridized carbons (Fsp3) is 0.500. The largest absolute Gasteiger partial charge is 0.462 e. The highest BCUT2D eigenvalue weighted by atomic mass is 32.2. The lowest BCUT2D eigenvalue weighted by molar-refractivity contribution is -0.128. The number of rotatable bonds is 7. The number of aromatic nitrogens is 1. The Kier molecular flexibility index (Phi) is 7.78. The van der Waals surface area contributed by atoms with E-state index in [1.807, 2.05) is 17.0 Å². The number of carbonyl (C=O) groups excluding carboxylic acids is 2. The summed E-state index contributed by atoms with van der Waals surface area (Å²) in [6.45, 7) is 8.83. The molecule has 0 radical (unpaired) electrons. The molecule has 25 heavy (non-hydrogen) atoms. The number of thioether (sulfide) groups is 1. The molecule has 2 heterocycles. The Balaban J connectivity index is 1.90. The van der Waals surface area contributed by atoms with Crippen molar-refractivity contribution in [2.24, 2.45) is 0 Å². The first-order chi connectivity index (χ1) is 12.2. The molecule has 0 saturated carbocycles. The first kappa shape index (κ1) is 19.3. The van der Waals surface area contributed by atoms with Gasteiger partial charge in [0.05, 0.1) is 17.9 Å². The van der Waals surface area contributed by atoms with E-state index in [2.05, 4.69) is 16.5 Å². The van der Waals surface area contributed by atoms with E-state index in [9.17, 15) is 9.59 Å². The van der Waals surface area contributed by atoms with Crippen LogP contribution in [0.5, 0.6) is 0 Å². The van der Waals surface area contributed by atoms with Gasteiger partial charge in [-0.15, -0.1) is 18.3 Å². The first-order valence-electron chi connectivity index (χ1n) is 8.50. The maximum Gasteiger partial charge on any atom is 0.339 e. The summed E-state index contributed by atoms with van der Waals surface area (Å²) in [6.07, 6.45) is 4.26. The molecule has 0 aliphatic carbocycles. The van der Waals surface area contributed by atoms with E-state index < -0.39 is 0 Å². The van der Waals surface area contributed by atoms with Crippen molar-refractivity contribution in [3.63, 3.8) is 0 Å². The minimum absolute atomic E-state index is 0.180. The molecule has 1 saturated heterocycles. The first-order valence-corrected chi connectivity index (χ1v) is 9.65. The molecule has 136 valence electrons. The molecule has 7 heteroatoms. The summed E-state index contributed by atoms with van der Waals surface area (Å²) in [7, 11) is 0. The third-order valence-electron chi connectivity index (χ3n) is 3.89. The van der Waals surface area contributed by atoms with Crippen LogP contribution in [0.1, 0.15) is 23.7 Å². The molecule has 0 unspecified atom stereocenters. The van der Waals surface area contributed by atoms with Gasteiger partial charge in [0, 0.05) is 38.1 Å². The minimum Gasteiger partial charge on any atom is -0.462 e. The zero-order chi connectivity index (χ0) is 18.1. The molecule has 1 aromatic heterocycles. The number of hydrogen-bond acceptors (Lipinski definition) is 6. The number of esters is 1. The summed E-state index contributed by atoms with van der Waals surface area (Å²) in [5.41, 5.74) is 0.455. The topological polar surface area (TPSA) is 62.7 Å². The van der Waals surface area contributed by atoms with Crippen LogP contribution in [0, 0.1) is 0 Å². The normalized spacial score (nSPS) is 14.8. The van der Waals surface area contributed by atoms with Gasteiger partial charge >= 0.3 is 5.97 Å². The molecule has 0 atom stereocenters. The second kappa shape index (κ2) is 10.1. The van der Waals surface area contributed by atoms with Crippen molar-refractivity contribution in [3.05, 3.63) is 36.5 Å². The fourth-order valence-corrected chi connectivity index (χ4v) is 3.27. The Labute approximate surface area is 153 Å². The molecular weight excluding hydrogens is 338 g/mol. The Hall–Kier alpha value is -2.02. The molecule has 0 N–H and O–H groups in total. The van der Waals surface area contributed by atoms with Gasteiger partial charge in [0.25, 0.3) is 0 Å². The van der Waals surface area contributed by atoms with Crippen LogP contribution >= 0.6 is 11.8 Å². The number of anilines is 1. The smallest absolute Gasteiger partial charge is 0.339 e. The number of nitrogens with zero attached hydrogens (tertiary/aromatic N) is 3. The minimum atomic E-state index is -0.355. The lowest BCUT2D eigenvalue weighted by Crippen LogP contribution is -2.36. The van der Waals surface area contributed by atoms with Crippen LogP contribution in [-0.2, 0) is 9.53 Å². The van der Waals surface area contributed by atoms with Crippen LogP contribution in [0.3, 0.4) is 0 Å². The van der Waals surface area contributed by atoms with Gasteiger partial charge in [-0.2, -0.15) is 0 Å². The van der Waals surface area contributed by atoms with Gasteiger partial charge < -0.3 is 14.5 Å². The van der Waals surface area contributed by atoms with Crippen molar-refractivity contribution < 1.29 is 14.3 Å². The van der Waals surface area contributed by atoms with Crippen molar-refractivity contribution in [3.8, 4) is 0 Å². The molecule has 1 fully saturated rings. The van der Waals surface area contributed by atoms with E-state index >= 15 is 0 Å². The maximum absolute atomic E-state index is 12.2. The molecule has 1 amide bonds. The highest BCUT2D eigenvalue weighted by molar-refractivity contribution is 8.00. The van der Waals surface area contributed by atoms with E-state index in [-0.39, 0.29) is 11.9 Å². The summed E-state index contributed by atoms with van der Waals surface area (Å²) >= 11 is 1.59. The molecule has 0 spiro atoms. The van der Waals surface area contributed by atoms with Crippen molar-refractivity contribution in [1.29, 1.82) is 0 Å². The second-order valence-corrected chi connectivity index (χ2v) is 6.68. The van der Waals surface area contributed by atoms with Crippen LogP contribution in [0.25, 0.3) is 0 Å². The predicted octanol–water partition coefficient (Wildman–Crippen LogP) is 2.22. The molecule has 1 aromatic rings. The summed E-state index contributed by atoms with van der Waals surface area (Å²) in [5.74, 6) is 1.94. The monoisotopic (exact) mass is 363 g/mol. The number of amides is 1. The summed E-state index contributed by atoms with van der Waals surface area (Å²) in [5, 5.41) is 0. The second-order valence-electron chi connectivity index (χ2n) is 5.65.